The quantitative estimate of drug-likeness (QED) is 0.219. The van der Waals surface area contributed by atoms with Crippen LogP contribution in [0.3, 0.4) is 0 Å². The Kier molecular flexibility index (Phi) is 7.78. The van der Waals surface area contributed by atoms with Crippen molar-refractivity contribution in [1.29, 1.82) is 0 Å². The molecule has 0 radical (unpaired) electrons. The molecular weight excluding hydrogens is 574 g/mol. The number of piperazine rings is 1. The van der Waals surface area contributed by atoms with Crippen LogP contribution in [0.25, 0.3) is 5.69 Å². The van der Waals surface area contributed by atoms with E-state index in [-0.39, 0.29) is 5.91 Å². The number of amides is 1. The minimum atomic E-state index is -0.119. The molecule has 0 atom stereocenters. The summed E-state index contributed by atoms with van der Waals surface area (Å²) in [6.07, 6.45) is 0. The molecule has 4 aromatic rings. The van der Waals surface area contributed by atoms with Crippen molar-refractivity contribution in [2.75, 3.05) is 31.1 Å². The smallest absolute Gasteiger partial charge is 0.276 e. The summed E-state index contributed by atoms with van der Waals surface area (Å²) in [7, 11) is 0. The third-order valence-corrected chi connectivity index (χ3v) is 7.70. The highest BCUT2D eigenvalue weighted by atomic mass is 79.9. The first kappa shape index (κ1) is 25.7. The van der Waals surface area contributed by atoms with E-state index in [1.54, 1.807) is 4.68 Å². The number of benzene rings is 2. The number of hydrogen-bond acceptors (Lipinski definition) is 7. The summed E-state index contributed by atoms with van der Waals surface area (Å²) in [6.45, 7) is 6.50. The maximum absolute atomic E-state index is 13.7. The maximum Gasteiger partial charge on any atom is 0.276 e. The number of carbonyl (C=O) groups is 1. The summed E-state index contributed by atoms with van der Waals surface area (Å²) in [5, 5.41) is 10.1. The Morgan fingerprint density at radius 3 is 2.35 bits per heavy atom. The number of rotatable bonds is 6. The summed E-state index contributed by atoms with van der Waals surface area (Å²) in [4.78, 5) is 26.8. The van der Waals surface area contributed by atoms with Crippen molar-refractivity contribution in [2.45, 2.75) is 24.8 Å². The number of aryl methyl sites for hydroxylation is 2. The highest BCUT2D eigenvalue weighted by Crippen LogP contribution is 2.26. The first-order valence-corrected chi connectivity index (χ1v) is 14.0. The van der Waals surface area contributed by atoms with Crippen LogP contribution in [0.4, 0.5) is 5.69 Å². The second-order valence-corrected chi connectivity index (χ2v) is 11.0. The third kappa shape index (κ3) is 5.97. The highest BCUT2D eigenvalue weighted by molar-refractivity contribution is 9.10. The fourth-order valence-electron chi connectivity index (χ4n) is 4.27. The van der Waals surface area contributed by atoms with Crippen molar-refractivity contribution >= 4 is 50.9 Å². The molecule has 2 aromatic heterocycles. The zero-order valence-corrected chi connectivity index (χ0v) is 23.6. The van der Waals surface area contributed by atoms with E-state index in [1.807, 2.05) is 73.3 Å². The predicted octanol–water partition coefficient (Wildman–Crippen LogP) is 5.34. The number of thioether (sulfide) groups is 1. The number of hydrogen-bond donors (Lipinski definition) is 0. The molecule has 1 aliphatic heterocycles. The lowest BCUT2D eigenvalue weighted by atomic mass is 10.2. The Morgan fingerprint density at radius 1 is 0.973 bits per heavy atom. The van der Waals surface area contributed by atoms with Gasteiger partial charge in [-0.15, -0.1) is 5.10 Å². The molecule has 1 saturated heterocycles. The van der Waals surface area contributed by atoms with Gasteiger partial charge in [0.25, 0.3) is 5.91 Å². The molecule has 37 heavy (non-hydrogen) atoms. The van der Waals surface area contributed by atoms with Gasteiger partial charge >= 0.3 is 0 Å². The van der Waals surface area contributed by atoms with Crippen LogP contribution in [-0.4, -0.2) is 61.9 Å². The van der Waals surface area contributed by atoms with Crippen molar-refractivity contribution in [3.8, 4) is 5.69 Å². The lowest BCUT2D eigenvalue weighted by molar-refractivity contribution is 0.0740. The standard InChI is InChI=1S/C26H25BrClN7OS/c1-17-14-18(2)30-26(29-17)37-16-23-24(31-32-35(23)21-8-6-19(27)7-9-21)25(36)34-12-10-33(11-13-34)22-5-3-4-20(28)15-22/h3-9,14-15H,10-13,16H2,1-2H3. The molecule has 1 amide bonds. The molecule has 3 heterocycles. The van der Waals surface area contributed by atoms with E-state index >= 15 is 0 Å². The van der Waals surface area contributed by atoms with Gasteiger partial charge in [0.1, 0.15) is 0 Å². The Bertz CT molecular complexity index is 1400. The van der Waals surface area contributed by atoms with Crippen LogP contribution in [-0.2, 0) is 5.75 Å². The Labute approximate surface area is 233 Å². The molecule has 2 aromatic carbocycles. The average Bonchev–Trinajstić information content (AvgIpc) is 3.31. The van der Waals surface area contributed by atoms with Gasteiger partial charge in [-0.1, -0.05) is 50.6 Å². The minimum absolute atomic E-state index is 0.119. The van der Waals surface area contributed by atoms with E-state index in [1.165, 1.54) is 11.8 Å². The average molecular weight is 599 g/mol. The van der Waals surface area contributed by atoms with Gasteiger partial charge in [-0.05, 0) is 62.4 Å². The number of anilines is 1. The van der Waals surface area contributed by atoms with Crippen LogP contribution >= 0.6 is 39.3 Å². The second kappa shape index (κ2) is 11.2. The second-order valence-electron chi connectivity index (χ2n) is 8.75. The van der Waals surface area contributed by atoms with E-state index in [0.717, 1.165) is 32.9 Å². The minimum Gasteiger partial charge on any atom is -0.368 e. The van der Waals surface area contributed by atoms with Crippen molar-refractivity contribution in [3.63, 3.8) is 0 Å². The first-order chi connectivity index (χ1) is 17.9. The number of carbonyl (C=O) groups excluding carboxylic acids is 1. The highest BCUT2D eigenvalue weighted by Gasteiger charge is 2.28. The summed E-state index contributed by atoms with van der Waals surface area (Å²) >= 11 is 11.1. The van der Waals surface area contributed by atoms with Crippen molar-refractivity contribution < 1.29 is 4.79 Å². The number of aromatic nitrogens is 5. The fraction of sp³-hybridized carbons (Fsp3) is 0.269. The van der Waals surface area contributed by atoms with E-state index in [9.17, 15) is 4.79 Å². The van der Waals surface area contributed by atoms with E-state index in [0.29, 0.717) is 47.8 Å². The zero-order chi connectivity index (χ0) is 25.9. The van der Waals surface area contributed by atoms with Crippen LogP contribution in [0, 0.1) is 13.8 Å². The Morgan fingerprint density at radius 2 is 1.68 bits per heavy atom. The van der Waals surface area contributed by atoms with Gasteiger partial charge in [-0.3, -0.25) is 4.79 Å². The van der Waals surface area contributed by atoms with Gasteiger partial charge < -0.3 is 9.80 Å². The zero-order valence-electron chi connectivity index (χ0n) is 20.4. The summed E-state index contributed by atoms with van der Waals surface area (Å²) in [5.74, 6) is 0.334. The van der Waals surface area contributed by atoms with Crippen molar-refractivity contribution in [1.82, 2.24) is 29.9 Å². The van der Waals surface area contributed by atoms with E-state index in [4.69, 9.17) is 11.6 Å². The van der Waals surface area contributed by atoms with Gasteiger partial charge in [0.2, 0.25) is 0 Å². The third-order valence-electron chi connectivity index (χ3n) is 6.08. The van der Waals surface area contributed by atoms with Gasteiger partial charge in [-0.25, -0.2) is 14.6 Å². The molecule has 0 unspecified atom stereocenters. The fourth-order valence-corrected chi connectivity index (χ4v) is 5.66. The van der Waals surface area contributed by atoms with Crippen LogP contribution in [0.1, 0.15) is 27.6 Å². The van der Waals surface area contributed by atoms with E-state index in [2.05, 4.69) is 41.1 Å². The monoisotopic (exact) mass is 597 g/mol. The van der Waals surface area contributed by atoms with Gasteiger partial charge in [0.05, 0.1) is 11.4 Å². The molecule has 0 bridgehead atoms. The molecule has 5 rings (SSSR count). The molecular formula is C26H25BrClN7OS. The first-order valence-electron chi connectivity index (χ1n) is 11.8. The van der Waals surface area contributed by atoms with E-state index < -0.39 is 0 Å². The van der Waals surface area contributed by atoms with Crippen LogP contribution in [0.15, 0.2) is 64.2 Å². The Balaban J connectivity index is 1.38. The lowest BCUT2D eigenvalue weighted by Gasteiger charge is -2.36. The molecule has 11 heteroatoms. The summed E-state index contributed by atoms with van der Waals surface area (Å²) in [5.41, 5.74) is 4.78. The summed E-state index contributed by atoms with van der Waals surface area (Å²) in [6, 6.07) is 17.5. The SMILES string of the molecule is Cc1cc(C)nc(SCc2c(C(=O)N3CCN(c4cccc(Cl)c4)CC3)nnn2-c2ccc(Br)cc2)n1. The number of nitrogens with zero attached hydrogens (tertiary/aromatic N) is 7. The largest absolute Gasteiger partial charge is 0.368 e. The molecule has 190 valence electrons. The topological polar surface area (TPSA) is 80.0 Å². The van der Waals surface area contributed by atoms with Crippen LogP contribution in [0.5, 0.6) is 0 Å². The van der Waals surface area contributed by atoms with Crippen molar-refractivity contribution in [3.05, 3.63) is 86.9 Å². The van der Waals surface area contributed by atoms with Gasteiger partial charge in [0, 0.05) is 58.5 Å². The predicted molar refractivity (Wildman–Crippen MR) is 150 cm³/mol. The normalized spacial score (nSPS) is 13.7. The maximum atomic E-state index is 13.7. The molecule has 0 saturated carbocycles. The van der Waals surface area contributed by atoms with Crippen LogP contribution in [0.2, 0.25) is 5.02 Å². The summed E-state index contributed by atoms with van der Waals surface area (Å²) < 4.78 is 2.70. The molecule has 0 aliphatic carbocycles. The van der Waals surface area contributed by atoms with Gasteiger partial charge in [-0.2, -0.15) is 0 Å². The molecule has 1 fully saturated rings. The van der Waals surface area contributed by atoms with Crippen LogP contribution < -0.4 is 4.90 Å². The van der Waals surface area contributed by atoms with Gasteiger partial charge in [0.15, 0.2) is 10.9 Å². The molecule has 1 aliphatic rings. The molecule has 0 spiro atoms. The molecule has 8 nitrogen and oxygen atoms in total. The Hall–Kier alpha value is -2.95. The lowest BCUT2D eigenvalue weighted by Crippen LogP contribution is -2.49. The van der Waals surface area contributed by atoms with Crippen molar-refractivity contribution in [2.24, 2.45) is 0 Å². The number of halogens is 2. The molecule has 0 N–H and O–H groups in total.